The number of piperidine rings is 1. The van der Waals surface area contributed by atoms with E-state index in [9.17, 15) is 10.1 Å². The summed E-state index contributed by atoms with van der Waals surface area (Å²) >= 11 is 0. The Morgan fingerprint density at radius 3 is 2.33 bits per heavy atom. The van der Waals surface area contributed by atoms with Crippen LogP contribution in [0.25, 0.3) is 0 Å². The summed E-state index contributed by atoms with van der Waals surface area (Å²) in [5, 5.41) is 10.6. The maximum atomic E-state index is 10.6. The molecule has 1 fully saturated rings. The van der Waals surface area contributed by atoms with Crippen LogP contribution < -0.4 is 11.1 Å². The number of nitro benzene ring substituents is 1. The Balaban J connectivity index is 0.00000162. The van der Waals surface area contributed by atoms with Crippen molar-refractivity contribution in [3.05, 3.63) is 34.4 Å². The van der Waals surface area contributed by atoms with Gasteiger partial charge in [0, 0.05) is 29.9 Å². The second kappa shape index (κ2) is 5.35. The van der Waals surface area contributed by atoms with Crippen molar-refractivity contribution < 1.29 is 4.92 Å². The van der Waals surface area contributed by atoms with E-state index < -0.39 is 0 Å². The molecule has 0 unspecified atom stereocenters. The summed E-state index contributed by atoms with van der Waals surface area (Å²) in [6.45, 7) is 5.49. The van der Waals surface area contributed by atoms with E-state index in [-0.39, 0.29) is 22.3 Å². The predicted molar refractivity (Wildman–Crippen MR) is 73.4 cm³/mol. The molecule has 0 saturated carbocycles. The molecule has 1 aliphatic heterocycles. The van der Waals surface area contributed by atoms with E-state index in [0.717, 1.165) is 12.2 Å². The Kier molecular flexibility index (Phi) is 4.29. The van der Waals surface area contributed by atoms with Gasteiger partial charge in [-0.25, -0.2) is 0 Å². The van der Waals surface area contributed by atoms with E-state index in [1.807, 2.05) is 12.1 Å². The zero-order valence-corrected chi connectivity index (χ0v) is 11.1. The zero-order valence-electron chi connectivity index (χ0n) is 11.1. The fraction of sp³-hybridized carbons (Fsp3) is 0.538. The lowest BCUT2D eigenvalue weighted by atomic mass is 9.90. The van der Waals surface area contributed by atoms with Crippen LogP contribution in [0.2, 0.25) is 0 Å². The van der Waals surface area contributed by atoms with Gasteiger partial charge in [-0.15, -0.1) is 0 Å². The number of nitro groups is 1. The third-order valence-corrected chi connectivity index (χ3v) is 3.52. The minimum Gasteiger partial charge on any atom is -0.366 e. The van der Waals surface area contributed by atoms with Crippen LogP contribution in [0.5, 0.6) is 0 Å². The van der Waals surface area contributed by atoms with Gasteiger partial charge in [0.15, 0.2) is 0 Å². The van der Waals surface area contributed by atoms with Crippen molar-refractivity contribution in [2.45, 2.75) is 38.6 Å². The molecule has 5 heteroatoms. The molecule has 18 heavy (non-hydrogen) atoms. The summed E-state index contributed by atoms with van der Waals surface area (Å²) in [6.07, 6.45) is 3.63. The van der Waals surface area contributed by atoms with Crippen LogP contribution in [-0.4, -0.2) is 17.0 Å². The van der Waals surface area contributed by atoms with Gasteiger partial charge >= 0.3 is 0 Å². The summed E-state index contributed by atoms with van der Waals surface area (Å²) < 4.78 is 0. The van der Waals surface area contributed by atoms with Gasteiger partial charge in [0.25, 0.3) is 5.69 Å². The van der Waals surface area contributed by atoms with Gasteiger partial charge < -0.3 is 11.1 Å². The Labute approximate surface area is 108 Å². The molecular formula is C13H21N3O2. The highest BCUT2D eigenvalue weighted by molar-refractivity contribution is 5.53. The second-order valence-corrected chi connectivity index (χ2v) is 5.19. The number of benzene rings is 1. The molecule has 0 aliphatic carbocycles. The molecule has 3 N–H and O–H groups in total. The topological polar surface area (TPSA) is 81.4 Å². The van der Waals surface area contributed by atoms with Crippen LogP contribution >= 0.6 is 0 Å². The van der Waals surface area contributed by atoms with Gasteiger partial charge in [-0.1, -0.05) is 0 Å². The summed E-state index contributed by atoms with van der Waals surface area (Å²) in [5.74, 6) is 0. The molecule has 1 aromatic carbocycles. The van der Waals surface area contributed by atoms with E-state index in [4.69, 9.17) is 0 Å². The summed E-state index contributed by atoms with van der Waals surface area (Å²) in [5.41, 5.74) is 1.39. The van der Waals surface area contributed by atoms with Crippen molar-refractivity contribution in [1.82, 2.24) is 6.15 Å². The van der Waals surface area contributed by atoms with Crippen molar-refractivity contribution in [2.75, 3.05) is 11.4 Å². The molecule has 0 atom stereocenters. The summed E-state index contributed by atoms with van der Waals surface area (Å²) in [6, 6.07) is 6.87. The average molecular weight is 251 g/mol. The molecule has 5 nitrogen and oxygen atoms in total. The lowest BCUT2D eigenvalue weighted by Crippen LogP contribution is -2.47. The molecule has 0 amide bonds. The van der Waals surface area contributed by atoms with Crippen LogP contribution in [-0.2, 0) is 0 Å². The third kappa shape index (κ3) is 2.79. The first-order chi connectivity index (χ1) is 8.00. The highest BCUT2D eigenvalue weighted by atomic mass is 16.6. The van der Waals surface area contributed by atoms with Crippen LogP contribution in [0.1, 0.15) is 33.1 Å². The van der Waals surface area contributed by atoms with Crippen molar-refractivity contribution in [3.63, 3.8) is 0 Å². The quantitative estimate of drug-likeness (QED) is 0.644. The van der Waals surface area contributed by atoms with E-state index in [1.54, 1.807) is 12.1 Å². The third-order valence-electron chi connectivity index (χ3n) is 3.52. The number of hydrogen-bond acceptors (Lipinski definition) is 4. The van der Waals surface area contributed by atoms with Gasteiger partial charge in [0.2, 0.25) is 0 Å². The Hall–Kier alpha value is -1.62. The molecule has 1 aliphatic rings. The number of rotatable bonds is 2. The Bertz CT molecular complexity index is 415. The van der Waals surface area contributed by atoms with Gasteiger partial charge in [-0.05, 0) is 45.2 Å². The minimum atomic E-state index is -0.356. The normalized spacial score (nSPS) is 18.0. The van der Waals surface area contributed by atoms with Crippen molar-refractivity contribution in [2.24, 2.45) is 0 Å². The van der Waals surface area contributed by atoms with Crippen molar-refractivity contribution >= 4 is 11.4 Å². The maximum absolute atomic E-state index is 10.6. The minimum absolute atomic E-state index is 0. The van der Waals surface area contributed by atoms with Crippen molar-refractivity contribution in [3.8, 4) is 0 Å². The molecule has 0 bridgehead atoms. The first-order valence-corrected chi connectivity index (χ1v) is 6.03. The van der Waals surface area contributed by atoms with E-state index in [2.05, 4.69) is 18.7 Å². The second-order valence-electron chi connectivity index (χ2n) is 5.19. The first-order valence-electron chi connectivity index (χ1n) is 6.03. The highest BCUT2D eigenvalue weighted by Crippen LogP contribution is 2.33. The predicted octanol–water partition coefficient (Wildman–Crippen LogP) is 3.53. The first kappa shape index (κ1) is 14.4. The number of non-ortho nitro benzene ring substituents is 1. The lowest BCUT2D eigenvalue weighted by molar-refractivity contribution is -0.384. The maximum Gasteiger partial charge on any atom is 0.269 e. The van der Waals surface area contributed by atoms with E-state index >= 15 is 0 Å². The largest absolute Gasteiger partial charge is 0.366 e. The van der Waals surface area contributed by atoms with Gasteiger partial charge in [0.1, 0.15) is 0 Å². The SMILES string of the molecule is CC1(C)CCCCN1c1ccc([N+](=O)[O-])cc1.N. The van der Waals surface area contributed by atoms with Gasteiger partial charge in [-0.2, -0.15) is 0 Å². The summed E-state index contributed by atoms with van der Waals surface area (Å²) in [4.78, 5) is 12.6. The number of nitrogens with zero attached hydrogens (tertiary/aromatic N) is 2. The molecular weight excluding hydrogens is 230 g/mol. The van der Waals surface area contributed by atoms with Crippen LogP contribution in [0.4, 0.5) is 11.4 Å². The van der Waals surface area contributed by atoms with Crippen LogP contribution in [0.3, 0.4) is 0 Å². The molecule has 1 heterocycles. The zero-order chi connectivity index (χ0) is 12.5. The molecule has 0 aromatic heterocycles. The average Bonchev–Trinajstić information content (AvgIpc) is 2.28. The van der Waals surface area contributed by atoms with Crippen LogP contribution in [0, 0.1) is 10.1 Å². The Morgan fingerprint density at radius 2 is 1.83 bits per heavy atom. The lowest BCUT2D eigenvalue weighted by Gasteiger charge is -2.44. The van der Waals surface area contributed by atoms with E-state index in [0.29, 0.717) is 0 Å². The molecule has 100 valence electrons. The highest BCUT2D eigenvalue weighted by Gasteiger charge is 2.29. The molecule has 1 saturated heterocycles. The van der Waals surface area contributed by atoms with Crippen molar-refractivity contribution in [1.29, 1.82) is 0 Å². The Morgan fingerprint density at radius 1 is 1.22 bits per heavy atom. The van der Waals surface area contributed by atoms with Gasteiger partial charge in [0.05, 0.1) is 4.92 Å². The molecule has 2 rings (SSSR count). The molecule has 1 aromatic rings. The number of anilines is 1. The molecule has 0 radical (unpaired) electrons. The van der Waals surface area contributed by atoms with Crippen LogP contribution in [0.15, 0.2) is 24.3 Å². The fourth-order valence-corrected chi connectivity index (χ4v) is 2.50. The molecule has 0 spiro atoms. The van der Waals surface area contributed by atoms with Gasteiger partial charge in [-0.3, -0.25) is 10.1 Å². The standard InChI is InChI=1S/C13H18N2O2.H3N/c1-13(2)9-3-4-10-14(13)11-5-7-12(8-6-11)15(16)17;/h5-8H,3-4,9-10H2,1-2H3;1H3. The monoisotopic (exact) mass is 251 g/mol. The van der Waals surface area contributed by atoms with E-state index in [1.165, 1.54) is 19.3 Å². The summed E-state index contributed by atoms with van der Waals surface area (Å²) in [7, 11) is 0. The number of hydrogen-bond donors (Lipinski definition) is 1. The fourth-order valence-electron chi connectivity index (χ4n) is 2.50. The smallest absolute Gasteiger partial charge is 0.269 e.